The molecule has 2 aromatic rings. The van der Waals surface area contributed by atoms with Gasteiger partial charge < -0.3 is 9.73 Å². The lowest BCUT2D eigenvalue weighted by Gasteiger charge is -2.21. The topological polar surface area (TPSA) is 25.2 Å². The largest absolute Gasteiger partial charge is 0.468 e. The quantitative estimate of drug-likeness (QED) is 0.843. The molecule has 0 fully saturated rings. The zero-order valence-corrected chi connectivity index (χ0v) is 11.4. The van der Waals surface area contributed by atoms with Gasteiger partial charge in [-0.05, 0) is 43.2 Å². The van der Waals surface area contributed by atoms with Crippen molar-refractivity contribution >= 4 is 11.6 Å². The van der Waals surface area contributed by atoms with Crippen LogP contribution in [0, 0.1) is 0 Å². The van der Waals surface area contributed by atoms with Crippen molar-refractivity contribution in [2.45, 2.75) is 32.4 Å². The van der Waals surface area contributed by atoms with Gasteiger partial charge in [0.15, 0.2) is 0 Å². The second kappa shape index (κ2) is 6.07. The van der Waals surface area contributed by atoms with E-state index in [2.05, 4.69) is 31.3 Å². The SMILES string of the molecule is CCC(N[C@H](C)c1ccc(Cl)cc1)c1ccco1. The van der Waals surface area contributed by atoms with Gasteiger partial charge in [0.25, 0.3) is 0 Å². The van der Waals surface area contributed by atoms with Crippen LogP contribution in [0.4, 0.5) is 0 Å². The number of furan rings is 1. The highest BCUT2D eigenvalue weighted by Gasteiger charge is 2.15. The average Bonchev–Trinajstić information content (AvgIpc) is 2.90. The van der Waals surface area contributed by atoms with Gasteiger partial charge in [-0.1, -0.05) is 30.7 Å². The summed E-state index contributed by atoms with van der Waals surface area (Å²) in [6.45, 7) is 4.30. The minimum atomic E-state index is 0.241. The summed E-state index contributed by atoms with van der Waals surface area (Å²) in [5.41, 5.74) is 1.23. The van der Waals surface area contributed by atoms with Crippen molar-refractivity contribution in [1.29, 1.82) is 0 Å². The molecule has 2 rings (SSSR count). The number of hydrogen-bond donors (Lipinski definition) is 1. The van der Waals surface area contributed by atoms with Crippen molar-refractivity contribution in [3.63, 3.8) is 0 Å². The maximum atomic E-state index is 5.90. The van der Waals surface area contributed by atoms with Crippen molar-refractivity contribution in [1.82, 2.24) is 5.32 Å². The standard InChI is InChI=1S/C15H18ClNO/c1-3-14(15-5-4-10-18-15)17-11(2)12-6-8-13(16)9-7-12/h4-11,14,17H,3H2,1-2H3/t11-,14?/m1/s1. The smallest absolute Gasteiger partial charge is 0.120 e. The molecule has 1 heterocycles. The first kappa shape index (κ1) is 13.2. The summed E-state index contributed by atoms with van der Waals surface area (Å²) in [5.74, 6) is 0.985. The molecule has 2 nitrogen and oxygen atoms in total. The zero-order chi connectivity index (χ0) is 13.0. The lowest BCUT2D eigenvalue weighted by molar-refractivity contribution is 0.376. The first-order valence-corrected chi connectivity index (χ1v) is 6.63. The first-order chi connectivity index (χ1) is 8.70. The van der Waals surface area contributed by atoms with E-state index in [4.69, 9.17) is 16.0 Å². The summed E-state index contributed by atoms with van der Waals surface area (Å²) in [6.07, 6.45) is 2.71. The number of nitrogens with one attached hydrogen (secondary N) is 1. The highest BCUT2D eigenvalue weighted by atomic mass is 35.5. The Kier molecular flexibility index (Phi) is 4.45. The van der Waals surface area contributed by atoms with E-state index in [1.807, 2.05) is 24.3 Å². The fourth-order valence-electron chi connectivity index (χ4n) is 2.04. The minimum Gasteiger partial charge on any atom is -0.468 e. The molecule has 1 N–H and O–H groups in total. The number of rotatable bonds is 5. The second-order valence-electron chi connectivity index (χ2n) is 4.42. The Balaban J connectivity index is 2.05. The van der Waals surface area contributed by atoms with Gasteiger partial charge in [0.2, 0.25) is 0 Å². The third-order valence-electron chi connectivity index (χ3n) is 3.12. The van der Waals surface area contributed by atoms with Gasteiger partial charge in [0, 0.05) is 11.1 Å². The minimum absolute atomic E-state index is 0.241. The lowest BCUT2D eigenvalue weighted by Crippen LogP contribution is -2.23. The van der Waals surface area contributed by atoms with E-state index in [9.17, 15) is 0 Å². The molecule has 96 valence electrons. The van der Waals surface area contributed by atoms with Crippen LogP contribution in [0.1, 0.15) is 43.7 Å². The van der Waals surface area contributed by atoms with Crippen LogP contribution < -0.4 is 5.32 Å². The molecule has 0 aliphatic carbocycles. The van der Waals surface area contributed by atoms with Crippen LogP contribution in [0.25, 0.3) is 0 Å². The molecule has 0 bridgehead atoms. The molecule has 1 unspecified atom stereocenters. The average molecular weight is 264 g/mol. The van der Waals surface area contributed by atoms with Gasteiger partial charge in [0.05, 0.1) is 12.3 Å². The summed E-state index contributed by atoms with van der Waals surface area (Å²) < 4.78 is 5.46. The van der Waals surface area contributed by atoms with Crippen LogP contribution >= 0.6 is 11.6 Å². The van der Waals surface area contributed by atoms with E-state index < -0.39 is 0 Å². The Morgan fingerprint density at radius 2 is 1.94 bits per heavy atom. The van der Waals surface area contributed by atoms with E-state index in [0.29, 0.717) is 0 Å². The molecule has 0 aliphatic rings. The fourth-order valence-corrected chi connectivity index (χ4v) is 2.17. The second-order valence-corrected chi connectivity index (χ2v) is 4.85. The van der Waals surface area contributed by atoms with E-state index in [-0.39, 0.29) is 12.1 Å². The fraction of sp³-hybridized carbons (Fsp3) is 0.333. The van der Waals surface area contributed by atoms with E-state index in [1.165, 1.54) is 5.56 Å². The molecule has 0 saturated heterocycles. The van der Waals surface area contributed by atoms with Crippen LogP contribution in [-0.4, -0.2) is 0 Å². The van der Waals surface area contributed by atoms with Crippen LogP contribution in [0.5, 0.6) is 0 Å². The zero-order valence-electron chi connectivity index (χ0n) is 10.7. The first-order valence-electron chi connectivity index (χ1n) is 6.25. The molecule has 0 aliphatic heterocycles. The highest BCUT2D eigenvalue weighted by Crippen LogP contribution is 2.23. The molecule has 1 aromatic heterocycles. The van der Waals surface area contributed by atoms with Gasteiger partial charge in [0.1, 0.15) is 5.76 Å². The van der Waals surface area contributed by atoms with Crippen molar-refractivity contribution < 1.29 is 4.42 Å². The van der Waals surface area contributed by atoms with Gasteiger partial charge in [-0.2, -0.15) is 0 Å². The number of benzene rings is 1. The Morgan fingerprint density at radius 1 is 1.22 bits per heavy atom. The molecule has 0 amide bonds. The van der Waals surface area contributed by atoms with Crippen molar-refractivity contribution in [3.8, 4) is 0 Å². The molecule has 1 aromatic carbocycles. The molecule has 3 heteroatoms. The van der Waals surface area contributed by atoms with Crippen molar-refractivity contribution in [2.24, 2.45) is 0 Å². The summed E-state index contributed by atoms with van der Waals surface area (Å²) in [5, 5.41) is 4.34. The molecular formula is C15H18ClNO. The van der Waals surface area contributed by atoms with Crippen LogP contribution in [0.2, 0.25) is 5.02 Å². The van der Waals surface area contributed by atoms with Crippen LogP contribution in [0.3, 0.4) is 0 Å². The summed E-state index contributed by atoms with van der Waals surface area (Å²) >= 11 is 5.90. The number of halogens is 1. The Hall–Kier alpha value is -1.25. The normalized spacial score (nSPS) is 14.4. The van der Waals surface area contributed by atoms with Gasteiger partial charge in [-0.15, -0.1) is 0 Å². The predicted octanol–water partition coefficient (Wildman–Crippen LogP) is 4.73. The summed E-state index contributed by atoms with van der Waals surface area (Å²) in [4.78, 5) is 0. The molecule has 0 radical (unpaired) electrons. The van der Waals surface area contributed by atoms with Crippen LogP contribution in [-0.2, 0) is 0 Å². The molecule has 0 spiro atoms. The monoisotopic (exact) mass is 263 g/mol. The third-order valence-corrected chi connectivity index (χ3v) is 3.37. The Morgan fingerprint density at radius 3 is 2.50 bits per heavy atom. The molecule has 18 heavy (non-hydrogen) atoms. The molecule has 2 atom stereocenters. The molecule has 0 saturated carbocycles. The van der Waals surface area contributed by atoms with Gasteiger partial charge in [-0.3, -0.25) is 0 Å². The van der Waals surface area contributed by atoms with E-state index in [1.54, 1.807) is 6.26 Å². The van der Waals surface area contributed by atoms with Crippen LogP contribution in [0.15, 0.2) is 47.1 Å². The maximum absolute atomic E-state index is 5.90. The maximum Gasteiger partial charge on any atom is 0.120 e. The number of hydrogen-bond acceptors (Lipinski definition) is 2. The van der Waals surface area contributed by atoms with Crippen molar-refractivity contribution in [3.05, 3.63) is 59.0 Å². The highest BCUT2D eigenvalue weighted by molar-refractivity contribution is 6.30. The van der Waals surface area contributed by atoms with E-state index >= 15 is 0 Å². The van der Waals surface area contributed by atoms with E-state index in [0.717, 1.165) is 17.2 Å². The van der Waals surface area contributed by atoms with Gasteiger partial charge >= 0.3 is 0 Å². The summed E-state index contributed by atoms with van der Waals surface area (Å²) in [6, 6.07) is 12.4. The Labute approximate surface area is 113 Å². The predicted molar refractivity (Wildman–Crippen MR) is 74.7 cm³/mol. The third kappa shape index (κ3) is 3.15. The molecular weight excluding hydrogens is 246 g/mol. The van der Waals surface area contributed by atoms with Crippen molar-refractivity contribution in [2.75, 3.05) is 0 Å². The Bertz CT molecular complexity index is 464. The lowest BCUT2D eigenvalue weighted by atomic mass is 10.1. The van der Waals surface area contributed by atoms with Gasteiger partial charge in [-0.25, -0.2) is 0 Å². The summed E-state index contributed by atoms with van der Waals surface area (Å²) in [7, 11) is 0.